The van der Waals surface area contributed by atoms with E-state index in [1.165, 1.54) is 23.1 Å². The van der Waals surface area contributed by atoms with Crippen molar-refractivity contribution in [3.63, 3.8) is 0 Å². The van der Waals surface area contributed by atoms with Crippen LogP contribution in [0.1, 0.15) is 60.4 Å². The van der Waals surface area contributed by atoms with Crippen LogP contribution in [0.5, 0.6) is 0 Å². The summed E-state index contributed by atoms with van der Waals surface area (Å²) in [5, 5.41) is 9.57. The van der Waals surface area contributed by atoms with E-state index in [1.807, 2.05) is 18.2 Å². The summed E-state index contributed by atoms with van der Waals surface area (Å²) in [6, 6.07) is 16.5. The summed E-state index contributed by atoms with van der Waals surface area (Å²) in [6.07, 6.45) is 4.90. The molecule has 3 nitrogen and oxygen atoms in total. The van der Waals surface area contributed by atoms with Crippen LogP contribution < -0.4 is 0 Å². The summed E-state index contributed by atoms with van der Waals surface area (Å²) in [5.41, 5.74) is 5.41. The number of Topliss-reactive ketones (excluding diaryl/α,β-unsaturated/α-hetero) is 1. The summed E-state index contributed by atoms with van der Waals surface area (Å²) in [7, 11) is 0. The van der Waals surface area contributed by atoms with Crippen molar-refractivity contribution in [1.29, 1.82) is 5.26 Å². The van der Waals surface area contributed by atoms with Crippen LogP contribution in [-0.2, 0) is 17.8 Å². The molecule has 3 heteroatoms. The maximum atomic E-state index is 13.6. The van der Waals surface area contributed by atoms with Gasteiger partial charge in [0.1, 0.15) is 12.6 Å². The molecule has 1 unspecified atom stereocenters. The van der Waals surface area contributed by atoms with Crippen LogP contribution in [0.25, 0.3) is 0 Å². The van der Waals surface area contributed by atoms with Gasteiger partial charge in [-0.1, -0.05) is 43.3 Å². The zero-order chi connectivity index (χ0) is 20.9. The molecule has 152 valence electrons. The van der Waals surface area contributed by atoms with Crippen molar-refractivity contribution in [2.45, 2.75) is 65.5 Å². The van der Waals surface area contributed by atoms with Crippen molar-refractivity contribution in [3.05, 3.63) is 70.3 Å². The number of piperidine rings is 1. The molecule has 0 amide bonds. The zero-order valence-corrected chi connectivity index (χ0v) is 18.1. The second-order valence-electron chi connectivity index (χ2n) is 8.59. The third-order valence-electron chi connectivity index (χ3n) is 6.74. The van der Waals surface area contributed by atoms with E-state index < -0.39 is 0 Å². The minimum atomic E-state index is -0.0129. The highest BCUT2D eigenvalue weighted by atomic mass is 16.1. The molecule has 0 N–H and O–H groups in total. The van der Waals surface area contributed by atoms with Gasteiger partial charge in [-0.25, -0.2) is 0 Å². The molecular formula is C26H33N2O+. The van der Waals surface area contributed by atoms with Gasteiger partial charge in [-0.15, -0.1) is 0 Å². The summed E-state index contributed by atoms with van der Waals surface area (Å²) in [5.74, 6) is 0.348. The standard InChI is InChI=1S/C26H33N2O/c1-4-25(26(29)17-24-20(2)11-10-12-21(24)3)28(15-8-5-9-16-28)19-23-14-7-6-13-22(23)18-27/h6-7,10-14,25H,4-5,8-9,15-17,19H2,1-3H3/q+1. The van der Waals surface area contributed by atoms with E-state index in [2.05, 4.69) is 51.1 Å². The van der Waals surface area contributed by atoms with Crippen LogP contribution in [0, 0.1) is 25.2 Å². The Bertz CT molecular complexity index is 883. The minimum Gasteiger partial charge on any atom is -0.311 e. The fraction of sp³-hybridized carbons (Fsp3) is 0.462. The number of benzene rings is 2. The second kappa shape index (κ2) is 9.37. The van der Waals surface area contributed by atoms with Gasteiger partial charge in [-0.3, -0.25) is 4.79 Å². The van der Waals surface area contributed by atoms with Gasteiger partial charge in [0.25, 0.3) is 0 Å². The van der Waals surface area contributed by atoms with E-state index in [-0.39, 0.29) is 6.04 Å². The summed E-state index contributed by atoms with van der Waals surface area (Å²) >= 11 is 0. The number of rotatable bonds is 7. The Hall–Kier alpha value is -2.44. The number of carbonyl (C=O) groups excluding carboxylic acids is 1. The normalized spacial score (nSPS) is 16.8. The van der Waals surface area contributed by atoms with Crippen LogP contribution in [0.2, 0.25) is 0 Å². The predicted molar refractivity (Wildman–Crippen MR) is 117 cm³/mol. The van der Waals surface area contributed by atoms with Gasteiger partial charge in [-0.05, 0) is 55.9 Å². The largest absolute Gasteiger partial charge is 0.311 e. The van der Waals surface area contributed by atoms with Gasteiger partial charge in [0.05, 0.1) is 24.7 Å². The average Bonchev–Trinajstić information content (AvgIpc) is 2.72. The maximum Gasteiger partial charge on any atom is 0.194 e. The Morgan fingerprint density at radius 1 is 1.03 bits per heavy atom. The quantitative estimate of drug-likeness (QED) is 0.606. The minimum absolute atomic E-state index is 0.0129. The number of quaternary nitrogens is 1. The van der Waals surface area contributed by atoms with Crippen LogP contribution in [0.3, 0.4) is 0 Å². The molecule has 3 rings (SSSR count). The third-order valence-corrected chi connectivity index (χ3v) is 6.74. The number of likely N-dealkylation sites (tertiary alicyclic amines) is 1. The molecule has 0 spiro atoms. The highest BCUT2D eigenvalue weighted by Gasteiger charge is 2.42. The first-order chi connectivity index (χ1) is 14.0. The van der Waals surface area contributed by atoms with Gasteiger partial charge in [0, 0.05) is 18.4 Å². The van der Waals surface area contributed by atoms with E-state index in [0.29, 0.717) is 12.2 Å². The number of carbonyl (C=O) groups is 1. The predicted octanol–water partition coefficient (Wildman–Crippen LogP) is 5.27. The average molecular weight is 390 g/mol. The number of nitriles is 1. The molecule has 1 fully saturated rings. The van der Waals surface area contributed by atoms with E-state index in [0.717, 1.165) is 54.5 Å². The summed E-state index contributed by atoms with van der Waals surface area (Å²) in [6.45, 7) is 9.18. The van der Waals surface area contributed by atoms with Gasteiger partial charge in [-0.2, -0.15) is 5.26 Å². The summed E-state index contributed by atoms with van der Waals surface area (Å²) in [4.78, 5) is 13.6. The zero-order valence-electron chi connectivity index (χ0n) is 18.1. The molecule has 1 heterocycles. The SMILES string of the molecule is CCC(C(=O)Cc1c(C)cccc1C)[N+]1(Cc2ccccc2C#N)CCCCC1. The van der Waals surface area contributed by atoms with E-state index in [1.54, 1.807) is 0 Å². The highest BCUT2D eigenvalue weighted by molar-refractivity contribution is 5.85. The van der Waals surface area contributed by atoms with Crippen LogP contribution in [-0.4, -0.2) is 29.4 Å². The number of ketones is 1. The Labute approximate surface area is 175 Å². The van der Waals surface area contributed by atoms with E-state index in [9.17, 15) is 10.1 Å². The number of nitrogens with zero attached hydrogens (tertiary/aromatic N) is 2. The van der Waals surface area contributed by atoms with Gasteiger partial charge in [0.2, 0.25) is 0 Å². The van der Waals surface area contributed by atoms with Crippen molar-refractivity contribution in [2.75, 3.05) is 13.1 Å². The molecule has 2 aromatic carbocycles. The first-order valence-electron chi connectivity index (χ1n) is 10.9. The molecule has 0 saturated carbocycles. The highest BCUT2D eigenvalue weighted by Crippen LogP contribution is 2.30. The first kappa shape index (κ1) is 21.3. The maximum absolute atomic E-state index is 13.6. The number of aryl methyl sites for hydroxylation is 2. The Morgan fingerprint density at radius 3 is 2.31 bits per heavy atom. The molecule has 0 aromatic heterocycles. The van der Waals surface area contributed by atoms with E-state index in [4.69, 9.17) is 0 Å². The molecule has 0 radical (unpaired) electrons. The lowest BCUT2D eigenvalue weighted by Crippen LogP contribution is -2.60. The molecule has 1 aliphatic heterocycles. The van der Waals surface area contributed by atoms with Crippen molar-refractivity contribution >= 4 is 5.78 Å². The van der Waals surface area contributed by atoms with E-state index >= 15 is 0 Å². The molecule has 1 saturated heterocycles. The third kappa shape index (κ3) is 4.60. The van der Waals surface area contributed by atoms with Gasteiger partial charge < -0.3 is 4.48 Å². The molecule has 1 aliphatic rings. The lowest BCUT2D eigenvalue weighted by Gasteiger charge is -2.46. The Morgan fingerprint density at radius 2 is 1.69 bits per heavy atom. The lowest BCUT2D eigenvalue weighted by atomic mass is 9.90. The molecular weight excluding hydrogens is 356 g/mol. The van der Waals surface area contributed by atoms with Gasteiger partial charge in [0.15, 0.2) is 5.78 Å². The molecule has 1 atom stereocenters. The van der Waals surface area contributed by atoms with Crippen molar-refractivity contribution in [2.24, 2.45) is 0 Å². The topological polar surface area (TPSA) is 40.9 Å². The lowest BCUT2D eigenvalue weighted by molar-refractivity contribution is -0.959. The molecule has 29 heavy (non-hydrogen) atoms. The van der Waals surface area contributed by atoms with Crippen LogP contribution >= 0.6 is 0 Å². The molecule has 2 aromatic rings. The first-order valence-corrected chi connectivity index (χ1v) is 10.9. The van der Waals surface area contributed by atoms with Gasteiger partial charge >= 0.3 is 0 Å². The smallest absolute Gasteiger partial charge is 0.194 e. The van der Waals surface area contributed by atoms with Crippen LogP contribution in [0.15, 0.2) is 42.5 Å². The number of hydrogen-bond donors (Lipinski definition) is 0. The van der Waals surface area contributed by atoms with Crippen molar-refractivity contribution in [1.82, 2.24) is 0 Å². The fourth-order valence-electron chi connectivity index (χ4n) is 5.17. The molecule has 0 bridgehead atoms. The second-order valence-corrected chi connectivity index (χ2v) is 8.59. The monoisotopic (exact) mass is 389 g/mol. The molecule has 0 aliphatic carbocycles. The number of hydrogen-bond acceptors (Lipinski definition) is 2. The Kier molecular flexibility index (Phi) is 6.87. The van der Waals surface area contributed by atoms with Crippen LogP contribution in [0.4, 0.5) is 0 Å². The van der Waals surface area contributed by atoms with Crippen molar-refractivity contribution < 1.29 is 9.28 Å². The summed E-state index contributed by atoms with van der Waals surface area (Å²) < 4.78 is 0.805. The Balaban J connectivity index is 1.93. The fourth-order valence-corrected chi connectivity index (χ4v) is 5.17. The van der Waals surface area contributed by atoms with Crippen molar-refractivity contribution in [3.8, 4) is 6.07 Å².